The number of rotatable bonds is 2. The Hall–Kier alpha value is -2.95. The van der Waals surface area contributed by atoms with Crippen molar-refractivity contribution in [2.45, 2.75) is 25.2 Å². The van der Waals surface area contributed by atoms with Crippen molar-refractivity contribution in [3.05, 3.63) is 58.8 Å². The molecule has 0 amide bonds. The monoisotopic (exact) mass is 349 g/mol. The van der Waals surface area contributed by atoms with Crippen LogP contribution in [0.5, 0.6) is 17.2 Å². The van der Waals surface area contributed by atoms with Crippen molar-refractivity contribution in [1.29, 1.82) is 0 Å². The lowest BCUT2D eigenvalue weighted by Crippen LogP contribution is -2.26. The van der Waals surface area contributed by atoms with Gasteiger partial charge in [-0.25, -0.2) is 0 Å². The lowest BCUT2D eigenvalue weighted by atomic mass is 9.75. The van der Waals surface area contributed by atoms with E-state index < -0.39 is 0 Å². The van der Waals surface area contributed by atoms with Crippen molar-refractivity contribution in [2.24, 2.45) is 0 Å². The molecule has 5 rings (SSSR count). The summed E-state index contributed by atoms with van der Waals surface area (Å²) < 4.78 is 16.4. The van der Waals surface area contributed by atoms with Crippen molar-refractivity contribution in [2.75, 3.05) is 19.2 Å². The number of hydrogen-bond acceptors (Lipinski definition) is 5. The number of nitrogens with one attached hydrogen (secondary N) is 1. The molecule has 5 heteroatoms. The normalized spacial score (nSPS) is 20.3. The minimum atomic E-state index is -0.102. The Bertz CT molecular complexity index is 930. The third-order valence-corrected chi connectivity index (χ3v) is 5.34. The minimum Gasteiger partial charge on any atom is -0.497 e. The van der Waals surface area contributed by atoms with Crippen LogP contribution in [0.3, 0.4) is 0 Å². The van der Waals surface area contributed by atoms with Crippen molar-refractivity contribution in [3.8, 4) is 17.2 Å². The molecule has 3 aliphatic rings. The van der Waals surface area contributed by atoms with Gasteiger partial charge in [-0.1, -0.05) is 12.1 Å². The van der Waals surface area contributed by atoms with Gasteiger partial charge in [0.2, 0.25) is 6.79 Å². The Kier molecular flexibility index (Phi) is 3.42. The summed E-state index contributed by atoms with van der Waals surface area (Å²) in [6.45, 7) is 0.234. The molecule has 132 valence electrons. The maximum absolute atomic E-state index is 12.8. The zero-order chi connectivity index (χ0) is 17.7. The van der Waals surface area contributed by atoms with Crippen LogP contribution in [0, 0.1) is 0 Å². The molecule has 26 heavy (non-hydrogen) atoms. The molecular formula is C21H19NO4. The van der Waals surface area contributed by atoms with Gasteiger partial charge in [-0.05, 0) is 42.2 Å². The van der Waals surface area contributed by atoms with Gasteiger partial charge in [0, 0.05) is 35.4 Å². The van der Waals surface area contributed by atoms with Crippen molar-refractivity contribution >= 4 is 11.5 Å². The highest BCUT2D eigenvalue weighted by Gasteiger charge is 2.36. The minimum absolute atomic E-state index is 0.102. The Balaban J connectivity index is 1.70. The number of anilines is 1. The first-order valence-corrected chi connectivity index (χ1v) is 8.85. The molecule has 0 saturated heterocycles. The molecule has 2 heterocycles. The maximum Gasteiger partial charge on any atom is 0.231 e. The molecule has 1 aliphatic carbocycles. The highest BCUT2D eigenvalue weighted by atomic mass is 16.7. The zero-order valence-electron chi connectivity index (χ0n) is 14.5. The molecule has 1 N–H and O–H groups in total. The van der Waals surface area contributed by atoms with E-state index in [1.165, 1.54) is 0 Å². The van der Waals surface area contributed by atoms with Gasteiger partial charge in [0.05, 0.1) is 7.11 Å². The van der Waals surface area contributed by atoms with Crippen molar-refractivity contribution in [1.82, 2.24) is 0 Å². The largest absolute Gasteiger partial charge is 0.497 e. The number of ketones is 1. The van der Waals surface area contributed by atoms with Gasteiger partial charge in [0.25, 0.3) is 0 Å². The number of benzene rings is 2. The second-order valence-electron chi connectivity index (χ2n) is 6.79. The summed E-state index contributed by atoms with van der Waals surface area (Å²) in [5.74, 6) is 2.40. The summed E-state index contributed by atoms with van der Waals surface area (Å²) >= 11 is 0. The van der Waals surface area contributed by atoms with Crippen LogP contribution in [0.1, 0.15) is 36.3 Å². The number of allylic oxidation sites excluding steroid dienone is 2. The van der Waals surface area contributed by atoms with Gasteiger partial charge in [-0.15, -0.1) is 0 Å². The third kappa shape index (κ3) is 2.27. The van der Waals surface area contributed by atoms with Gasteiger partial charge in [-0.2, -0.15) is 0 Å². The lowest BCUT2D eigenvalue weighted by Gasteiger charge is -2.34. The fourth-order valence-corrected chi connectivity index (χ4v) is 4.09. The number of ether oxygens (including phenoxy) is 3. The second-order valence-corrected chi connectivity index (χ2v) is 6.79. The fraction of sp³-hybridized carbons (Fsp3) is 0.286. The average Bonchev–Trinajstić information content (AvgIpc) is 3.12. The van der Waals surface area contributed by atoms with Crippen LogP contribution < -0.4 is 19.5 Å². The summed E-state index contributed by atoms with van der Waals surface area (Å²) in [6.07, 6.45) is 2.38. The number of fused-ring (bicyclic) bond motifs is 2. The first-order chi connectivity index (χ1) is 12.7. The van der Waals surface area contributed by atoms with E-state index in [1.54, 1.807) is 7.11 Å². The van der Waals surface area contributed by atoms with Crippen LogP contribution in [-0.4, -0.2) is 19.7 Å². The molecule has 2 aromatic carbocycles. The van der Waals surface area contributed by atoms with E-state index in [0.717, 1.165) is 58.2 Å². The van der Waals surface area contributed by atoms with Crippen LogP contribution in [0.15, 0.2) is 47.7 Å². The van der Waals surface area contributed by atoms with Crippen molar-refractivity contribution in [3.63, 3.8) is 0 Å². The third-order valence-electron chi connectivity index (χ3n) is 5.34. The quantitative estimate of drug-likeness (QED) is 0.888. The Morgan fingerprint density at radius 1 is 1.08 bits per heavy atom. The molecule has 0 saturated carbocycles. The molecule has 0 aromatic heterocycles. The number of carbonyl (C=O) groups excluding carboxylic acids is 1. The Labute approximate surface area is 151 Å². The maximum atomic E-state index is 12.8. The van der Waals surface area contributed by atoms with Crippen LogP contribution in [-0.2, 0) is 4.79 Å². The lowest BCUT2D eigenvalue weighted by molar-refractivity contribution is -0.116. The highest BCUT2D eigenvalue weighted by Crippen LogP contribution is 2.49. The van der Waals surface area contributed by atoms with E-state index in [9.17, 15) is 4.79 Å². The first kappa shape index (κ1) is 15.3. The summed E-state index contributed by atoms with van der Waals surface area (Å²) in [5, 5.41) is 3.48. The smallest absolute Gasteiger partial charge is 0.231 e. The topological polar surface area (TPSA) is 56.8 Å². The molecule has 1 atom stereocenters. The Morgan fingerprint density at radius 3 is 2.62 bits per heavy atom. The van der Waals surface area contributed by atoms with Crippen LogP contribution in [0.25, 0.3) is 0 Å². The van der Waals surface area contributed by atoms with E-state index in [1.807, 2.05) is 36.4 Å². The van der Waals surface area contributed by atoms with Crippen LogP contribution in [0.4, 0.5) is 5.69 Å². The van der Waals surface area contributed by atoms with Gasteiger partial charge < -0.3 is 19.5 Å². The first-order valence-electron chi connectivity index (χ1n) is 8.85. The number of carbonyl (C=O) groups is 1. The molecule has 2 aliphatic heterocycles. The second kappa shape index (κ2) is 5.80. The molecular weight excluding hydrogens is 330 g/mol. The van der Waals surface area contributed by atoms with Gasteiger partial charge in [-0.3, -0.25) is 4.79 Å². The standard InChI is InChI=1S/C21H19NO4/c1-24-13-7-5-12(6-8-13)20-14-9-18-19(26-11-25-18)10-16(14)22-15-3-2-4-17(23)21(15)20/h5-10,20,22H,2-4,11H2,1H3/t20-/m1/s1. The summed E-state index contributed by atoms with van der Waals surface area (Å²) in [6, 6.07) is 11.9. The molecule has 0 unspecified atom stereocenters. The SMILES string of the molecule is COc1ccc([C@H]2C3=C(CCCC3=O)Nc3cc4c(cc32)OCO4)cc1. The fourth-order valence-electron chi connectivity index (χ4n) is 4.09. The average molecular weight is 349 g/mol. The van der Waals surface area contributed by atoms with Gasteiger partial charge in [0.15, 0.2) is 17.3 Å². The van der Waals surface area contributed by atoms with Gasteiger partial charge >= 0.3 is 0 Å². The van der Waals surface area contributed by atoms with E-state index in [0.29, 0.717) is 6.42 Å². The van der Waals surface area contributed by atoms with Gasteiger partial charge in [0.1, 0.15) is 5.75 Å². The number of Topliss-reactive ketones (excluding diaryl/α,β-unsaturated/α-hetero) is 1. The number of methoxy groups -OCH3 is 1. The predicted octanol–water partition coefficient (Wildman–Crippen LogP) is 3.99. The van der Waals surface area contributed by atoms with E-state index >= 15 is 0 Å². The van der Waals surface area contributed by atoms with Crippen molar-refractivity contribution < 1.29 is 19.0 Å². The zero-order valence-corrected chi connectivity index (χ0v) is 14.5. The molecule has 0 bridgehead atoms. The van der Waals surface area contributed by atoms with Crippen LogP contribution >= 0.6 is 0 Å². The Morgan fingerprint density at radius 2 is 1.85 bits per heavy atom. The molecule has 2 aromatic rings. The molecule has 5 nitrogen and oxygen atoms in total. The summed E-state index contributed by atoms with van der Waals surface area (Å²) in [4.78, 5) is 12.8. The highest BCUT2D eigenvalue weighted by molar-refractivity contribution is 6.01. The van der Waals surface area contributed by atoms with Crippen LogP contribution in [0.2, 0.25) is 0 Å². The molecule has 0 spiro atoms. The van der Waals surface area contributed by atoms with E-state index in [-0.39, 0.29) is 18.5 Å². The number of hydrogen-bond donors (Lipinski definition) is 1. The summed E-state index contributed by atoms with van der Waals surface area (Å²) in [5.41, 5.74) is 5.04. The van der Waals surface area contributed by atoms with E-state index in [2.05, 4.69) is 5.32 Å². The predicted molar refractivity (Wildman–Crippen MR) is 96.9 cm³/mol. The molecule has 0 fully saturated rings. The van der Waals surface area contributed by atoms with E-state index in [4.69, 9.17) is 14.2 Å². The summed E-state index contributed by atoms with van der Waals surface area (Å²) in [7, 11) is 1.65. The molecule has 0 radical (unpaired) electrons.